The fourth-order valence-electron chi connectivity index (χ4n) is 1.92. The van der Waals surface area contributed by atoms with Gasteiger partial charge in [-0.25, -0.2) is 0 Å². The molecule has 1 N–H and O–H groups in total. The molecule has 0 radical (unpaired) electrons. The number of rotatable bonds is 4. The van der Waals surface area contributed by atoms with Crippen molar-refractivity contribution >= 4 is 5.95 Å². The van der Waals surface area contributed by atoms with Gasteiger partial charge in [-0.05, 0) is 24.2 Å². The zero-order valence-electron chi connectivity index (χ0n) is 11.3. The highest BCUT2D eigenvalue weighted by Gasteiger charge is 2.12. The maximum Gasteiger partial charge on any atom is 0.264 e. The molecule has 0 bridgehead atoms. The summed E-state index contributed by atoms with van der Waals surface area (Å²) in [5, 5.41) is 11.3. The second-order valence-electron chi connectivity index (χ2n) is 4.60. The predicted molar refractivity (Wildman–Crippen MR) is 75.0 cm³/mol. The molecule has 0 spiro atoms. The van der Waals surface area contributed by atoms with Gasteiger partial charge in [0.1, 0.15) is 0 Å². The molecule has 0 saturated heterocycles. The molecule has 0 aliphatic carbocycles. The molecule has 3 rings (SSSR count). The Morgan fingerprint density at radius 1 is 1.25 bits per heavy atom. The molecule has 102 valence electrons. The van der Waals surface area contributed by atoms with Crippen LogP contribution in [0.5, 0.6) is 0 Å². The van der Waals surface area contributed by atoms with Crippen LogP contribution in [0.15, 0.2) is 47.2 Å². The van der Waals surface area contributed by atoms with Gasteiger partial charge in [0.2, 0.25) is 0 Å². The summed E-state index contributed by atoms with van der Waals surface area (Å²) in [5.74, 6) is 0.978. The molecule has 2 heterocycles. The number of aryl methyl sites for hydroxylation is 1. The summed E-state index contributed by atoms with van der Waals surface area (Å²) in [7, 11) is 1.89. The van der Waals surface area contributed by atoms with E-state index < -0.39 is 0 Å². The monoisotopic (exact) mass is 269 g/mol. The van der Waals surface area contributed by atoms with Crippen molar-refractivity contribution in [2.75, 3.05) is 5.32 Å². The number of benzene rings is 1. The van der Waals surface area contributed by atoms with Gasteiger partial charge in [0.25, 0.3) is 11.8 Å². The van der Waals surface area contributed by atoms with Gasteiger partial charge in [-0.2, -0.15) is 10.1 Å². The quantitative estimate of drug-likeness (QED) is 0.788. The Kier molecular flexibility index (Phi) is 3.20. The maximum absolute atomic E-state index is 5.25. The second kappa shape index (κ2) is 5.16. The van der Waals surface area contributed by atoms with E-state index in [0.717, 1.165) is 11.1 Å². The molecule has 1 unspecified atom stereocenters. The Balaban J connectivity index is 1.74. The molecule has 1 aromatic carbocycles. The minimum absolute atomic E-state index is 0.0601. The van der Waals surface area contributed by atoms with Crippen LogP contribution in [-0.4, -0.2) is 19.9 Å². The molecule has 1 atom stereocenters. The number of nitrogens with zero attached hydrogens (tertiary/aromatic N) is 4. The fraction of sp³-hybridized carbons (Fsp3) is 0.214. The van der Waals surface area contributed by atoms with E-state index in [2.05, 4.69) is 20.6 Å². The lowest BCUT2D eigenvalue weighted by molar-refractivity contribution is 0.431. The number of hydrogen-bond donors (Lipinski definition) is 1. The Bertz CT molecular complexity index is 688. The van der Waals surface area contributed by atoms with Crippen LogP contribution in [0, 0.1) is 0 Å². The summed E-state index contributed by atoms with van der Waals surface area (Å²) in [6.45, 7) is 2.02. The van der Waals surface area contributed by atoms with E-state index in [-0.39, 0.29) is 6.04 Å². The van der Waals surface area contributed by atoms with E-state index in [4.69, 9.17) is 4.52 Å². The Hall–Kier alpha value is -2.63. The summed E-state index contributed by atoms with van der Waals surface area (Å²) in [4.78, 5) is 4.34. The van der Waals surface area contributed by atoms with Crippen molar-refractivity contribution in [1.29, 1.82) is 0 Å². The molecule has 3 aromatic rings. The van der Waals surface area contributed by atoms with Gasteiger partial charge in [0.05, 0.1) is 12.2 Å². The molecule has 0 aliphatic heterocycles. The second-order valence-corrected chi connectivity index (χ2v) is 4.60. The van der Waals surface area contributed by atoms with E-state index in [1.165, 1.54) is 0 Å². The molecular formula is C14H15N5O. The number of hydrogen-bond acceptors (Lipinski definition) is 5. The van der Waals surface area contributed by atoms with Gasteiger partial charge in [-0.3, -0.25) is 4.68 Å². The van der Waals surface area contributed by atoms with Crippen LogP contribution in [0.2, 0.25) is 0 Å². The first-order valence-electron chi connectivity index (χ1n) is 6.36. The fourth-order valence-corrected chi connectivity index (χ4v) is 1.92. The number of nitrogens with one attached hydrogen (secondary N) is 1. The molecule has 6 nitrogen and oxygen atoms in total. The zero-order chi connectivity index (χ0) is 13.9. The van der Waals surface area contributed by atoms with E-state index in [1.807, 2.05) is 56.7 Å². The van der Waals surface area contributed by atoms with Crippen molar-refractivity contribution in [3.63, 3.8) is 0 Å². The SMILES string of the molecule is CC(Nc1noc(-c2ccccc2)n1)c1cnn(C)c1. The predicted octanol–water partition coefficient (Wildman–Crippen LogP) is 2.64. The molecule has 0 fully saturated rings. The summed E-state index contributed by atoms with van der Waals surface area (Å²) in [6, 6.07) is 9.74. The van der Waals surface area contributed by atoms with Crippen LogP contribution in [0.3, 0.4) is 0 Å². The molecule has 0 aliphatic rings. The van der Waals surface area contributed by atoms with Gasteiger partial charge in [0.15, 0.2) is 0 Å². The summed E-state index contributed by atoms with van der Waals surface area (Å²) in [5.41, 5.74) is 1.97. The molecule has 0 saturated carbocycles. The first kappa shape index (κ1) is 12.4. The standard InChI is InChI=1S/C14H15N5O/c1-10(12-8-15-19(2)9-12)16-14-17-13(20-18-14)11-6-4-3-5-7-11/h3-10H,1-2H3,(H,16,18). The maximum atomic E-state index is 5.25. The van der Waals surface area contributed by atoms with Crippen molar-refractivity contribution in [3.8, 4) is 11.5 Å². The zero-order valence-corrected chi connectivity index (χ0v) is 11.3. The summed E-state index contributed by atoms with van der Waals surface area (Å²) < 4.78 is 7.01. The molecule has 20 heavy (non-hydrogen) atoms. The first-order valence-corrected chi connectivity index (χ1v) is 6.36. The van der Waals surface area contributed by atoms with Crippen LogP contribution in [-0.2, 0) is 7.05 Å². The Morgan fingerprint density at radius 3 is 2.75 bits per heavy atom. The average molecular weight is 269 g/mol. The lowest BCUT2D eigenvalue weighted by Crippen LogP contribution is -2.06. The van der Waals surface area contributed by atoms with E-state index in [9.17, 15) is 0 Å². The summed E-state index contributed by atoms with van der Waals surface area (Å²) >= 11 is 0. The highest BCUT2D eigenvalue weighted by molar-refractivity contribution is 5.53. The van der Waals surface area contributed by atoms with E-state index >= 15 is 0 Å². The molecular weight excluding hydrogens is 254 g/mol. The Morgan fingerprint density at radius 2 is 2.05 bits per heavy atom. The van der Waals surface area contributed by atoms with E-state index in [0.29, 0.717) is 11.8 Å². The smallest absolute Gasteiger partial charge is 0.264 e. The minimum Gasteiger partial charge on any atom is -0.345 e. The highest BCUT2D eigenvalue weighted by Crippen LogP contribution is 2.20. The van der Waals surface area contributed by atoms with Crippen molar-refractivity contribution in [2.45, 2.75) is 13.0 Å². The lowest BCUT2D eigenvalue weighted by Gasteiger charge is -2.08. The van der Waals surface area contributed by atoms with Crippen molar-refractivity contribution in [2.24, 2.45) is 7.05 Å². The molecule has 0 amide bonds. The van der Waals surface area contributed by atoms with Crippen LogP contribution >= 0.6 is 0 Å². The highest BCUT2D eigenvalue weighted by atomic mass is 16.5. The topological polar surface area (TPSA) is 68.8 Å². The largest absolute Gasteiger partial charge is 0.345 e. The Labute approximate surface area is 116 Å². The van der Waals surface area contributed by atoms with Gasteiger partial charge >= 0.3 is 0 Å². The molecule has 6 heteroatoms. The third-order valence-corrected chi connectivity index (χ3v) is 3.02. The average Bonchev–Trinajstić information content (AvgIpc) is 3.09. The van der Waals surface area contributed by atoms with Crippen molar-refractivity contribution in [3.05, 3.63) is 48.3 Å². The lowest BCUT2D eigenvalue weighted by atomic mass is 10.2. The third-order valence-electron chi connectivity index (χ3n) is 3.02. The van der Waals surface area contributed by atoms with Gasteiger partial charge < -0.3 is 9.84 Å². The van der Waals surface area contributed by atoms with Crippen molar-refractivity contribution < 1.29 is 4.52 Å². The first-order chi connectivity index (χ1) is 9.72. The van der Waals surface area contributed by atoms with E-state index in [1.54, 1.807) is 4.68 Å². The minimum atomic E-state index is 0.0601. The summed E-state index contributed by atoms with van der Waals surface area (Å²) in [6.07, 6.45) is 3.77. The van der Waals surface area contributed by atoms with Gasteiger partial charge in [0, 0.05) is 24.4 Å². The third kappa shape index (κ3) is 2.54. The van der Waals surface area contributed by atoms with Crippen LogP contribution in [0.1, 0.15) is 18.5 Å². The number of aromatic nitrogens is 4. The van der Waals surface area contributed by atoms with Crippen LogP contribution < -0.4 is 5.32 Å². The number of anilines is 1. The van der Waals surface area contributed by atoms with Crippen LogP contribution in [0.4, 0.5) is 5.95 Å². The van der Waals surface area contributed by atoms with Gasteiger partial charge in [-0.15, -0.1) is 0 Å². The molecule has 2 aromatic heterocycles. The van der Waals surface area contributed by atoms with Gasteiger partial charge in [-0.1, -0.05) is 18.2 Å². The van der Waals surface area contributed by atoms with Crippen molar-refractivity contribution in [1.82, 2.24) is 19.9 Å². The van der Waals surface area contributed by atoms with Crippen LogP contribution in [0.25, 0.3) is 11.5 Å². The normalized spacial score (nSPS) is 12.3.